The molecule has 0 saturated heterocycles. The van der Waals surface area contributed by atoms with Crippen molar-refractivity contribution in [3.8, 4) is 0 Å². The number of benzene rings is 1. The Labute approximate surface area is 92.3 Å². The van der Waals surface area contributed by atoms with Crippen molar-refractivity contribution in [3.63, 3.8) is 0 Å². The zero-order chi connectivity index (χ0) is 11.6. The summed E-state index contributed by atoms with van der Waals surface area (Å²) in [7, 11) is 0. The molecule has 1 N–H and O–H groups in total. The first kappa shape index (κ1) is 10.5. The van der Waals surface area contributed by atoms with Crippen molar-refractivity contribution in [3.05, 3.63) is 46.3 Å². The molecule has 82 valence electrons. The van der Waals surface area contributed by atoms with Crippen LogP contribution < -0.4 is 0 Å². The standard InChI is InChI=1S/C11H11N3O2/c12-14-13-7-9-6-11(9,10(15)16)8-4-2-1-3-5-8/h1-5,9H,6-7H2,(H,15,16). The first-order valence-electron chi connectivity index (χ1n) is 5.01. The predicted octanol–water partition coefficient (Wildman–Crippen LogP) is 2.34. The van der Waals surface area contributed by atoms with E-state index in [2.05, 4.69) is 10.0 Å². The molecule has 2 atom stereocenters. The van der Waals surface area contributed by atoms with Gasteiger partial charge in [-0.3, -0.25) is 4.79 Å². The summed E-state index contributed by atoms with van der Waals surface area (Å²) in [5.41, 5.74) is 8.19. The summed E-state index contributed by atoms with van der Waals surface area (Å²) in [6, 6.07) is 9.12. The van der Waals surface area contributed by atoms with E-state index in [9.17, 15) is 9.90 Å². The molecule has 0 radical (unpaired) electrons. The van der Waals surface area contributed by atoms with Crippen LogP contribution in [-0.4, -0.2) is 17.6 Å². The van der Waals surface area contributed by atoms with Gasteiger partial charge in [-0.05, 0) is 23.4 Å². The van der Waals surface area contributed by atoms with Gasteiger partial charge in [-0.15, -0.1) is 0 Å². The molecule has 5 nitrogen and oxygen atoms in total. The highest BCUT2D eigenvalue weighted by atomic mass is 16.4. The summed E-state index contributed by atoms with van der Waals surface area (Å²) in [4.78, 5) is 14.0. The van der Waals surface area contributed by atoms with E-state index in [1.54, 1.807) is 0 Å². The minimum atomic E-state index is -0.838. The molecular formula is C11H11N3O2. The van der Waals surface area contributed by atoms with Crippen molar-refractivity contribution < 1.29 is 9.90 Å². The van der Waals surface area contributed by atoms with E-state index in [1.807, 2.05) is 30.3 Å². The van der Waals surface area contributed by atoms with Gasteiger partial charge in [0.05, 0.1) is 5.41 Å². The summed E-state index contributed by atoms with van der Waals surface area (Å²) >= 11 is 0. The highest BCUT2D eigenvalue weighted by Crippen LogP contribution is 2.54. The summed E-state index contributed by atoms with van der Waals surface area (Å²) in [6.45, 7) is 0.248. The van der Waals surface area contributed by atoms with Gasteiger partial charge in [0, 0.05) is 11.5 Å². The minimum absolute atomic E-state index is 0.0803. The lowest BCUT2D eigenvalue weighted by atomic mass is 9.93. The van der Waals surface area contributed by atoms with E-state index in [1.165, 1.54) is 0 Å². The number of azide groups is 1. The molecule has 0 bridgehead atoms. The Bertz CT molecular complexity index is 454. The minimum Gasteiger partial charge on any atom is -0.481 e. The number of carboxylic acids is 1. The molecule has 1 saturated carbocycles. The van der Waals surface area contributed by atoms with Crippen molar-refractivity contribution in [2.45, 2.75) is 11.8 Å². The third-order valence-corrected chi connectivity index (χ3v) is 3.14. The van der Waals surface area contributed by atoms with E-state index < -0.39 is 11.4 Å². The number of hydrogen-bond donors (Lipinski definition) is 1. The zero-order valence-electron chi connectivity index (χ0n) is 8.58. The normalized spacial score (nSPS) is 26.9. The van der Waals surface area contributed by atoms with Gasteiger partial charge in [-0.25, -0.2) is 0 Å². The molecule has 1 aliphatic rings. The van der Waals surface area contributed by atoms with Crippen LogP contribution in [0.15, 0.2) is 35.4 Å². The Morgan fingerprint density at radius 3 is 2.81 bits per heavy atom. The van der Waals surface area contributed by atoms with Gasteiger partial charge in [0.1, 0.15) is 0 Å². The molecule has 16 heavy (non-hydrogen) atoms. The number of carboxylic acid groups (broad SMARTS) is 1. The van der Waals surface area contributed by atoms with Gasteiger partial charge in [0.2, 0.25) is 0 Å². The monoisotopic (exact) mass is 217 g/mol. The van der Waals surface area contributed by atoms with Gasteiger partial charge < -0.3 is 5.11 Å². The fourth-order valence-corrected chi connectivity index (χ4v) is 2.16. The smallest absolute Gasteiger partial charge is 0.314 e. The van der Waals surface area contributed by atoms with Crippen LogP contribution in [0, 0.1) is 5.92 Å². The Morgan fingerprint density at radius 2 is 2.25 bits per heavy atom. The maximum absolute atomic E-state index is 11.3. The summed E-state index contributed by atoms with van der Waals surface area (Å²) in [5, 5.41) is 12.7. The average molecular weight is 217 g/mol. The Hall–Kier alpha value is -2.00. The molecule has 0 aliphatic heterocycles. The van der Waals surface area contributed by atoms with E-state index >= 15 is 0 Å². The van der Waals surface area contributed by atoms with Crippen molar-refractivity contribution in [2.75, 3.05) is 6.54 Å². The number of carbonyl (C=O) groups is 1. The second kappa shape index (κ2) is 3.87. The largest absolute Gasteiger partial charge is 0.481 e. The van der Waals surface area contributed by atoms with Crippen molar-refractivity contribution in [2.24, 2.45) is 11.0 Å². The lowest BCUT2D eigenvalue weighted by Crippen LogP contribution is -2.23. The molecule has 1 aromatic rings. The van der Waals surface area contributed by atoms with Crippen LogP contribution in [-0.2, 0) is 10.2 Å². The van der Waals surface area contributed by atoms with E-state index in [0.29, 0.717) is 6.42 Å². The molecule has 0 amide bonds. The van der Waals surface area contributed by atoms with Crippen LogP contribution in [0.25, 0.3) is 10.4 Å². The molecule has 1 aliphatic carbocycles. The van der Waals surface area contributed by atoms with Crippen LogP contribution in [0.4, 0.5) is 0 Å². The third kappa shape index (κ3) is 1.51. The summed E-state index contributed by atoms with van der Waals surface area (Å²) < 4.78 is 0. The summed E-state index contributed by atoms with van der Waals surface area (Å²) in [6.07, 6.45) is 0.547. The van der Waals surface area contributed by atoms with E-state index in [-0.39, 0.29) is 12.5 Å². The molecule has 0 heterocycles. The molecule has 1 fully saturated rings. The van der Waals surface area contributed by atoms with Crippen molar-refractivity contribution >= 4 is 5.97 Å². The van der Waals surface area contributed by atoms with Crippen LogP contribution in [0.2, 0.25) is 0 Å². The van der Waals surface area contributed by atoms with Crippen LogP contribution in [0.3, 0.4) is 0 Å². The maximum atomic E-state index is 11.3. The van der Waals surface area contributed by atoms with Crippen molar-refractivity contribution in [1.29, 1.82) is 0 Å². The molecule has 5 heteroatoms. The quantitative estimate of drug-likeness (QED) is 0.476. The third-order valence-electron chi connectivity index (χ3n) is 3.14. The fourth-order valence-electron chi connectivity index (χ4n) is 2.16. The van der Waals surface area contributed by atoms with Crippen molar-refractivity contribution in [1.82, 2.24) is 0 Å². The highest BCUT2D eigenvalue weighted by Gasteiger charge is 2.60. The Morgan fingerprint density at radius 1 is 1.56 bits per heavy atom. The highest BCUT2D eigenvalue weighted by molar-refractivity contribution is 5.85. The predicted molar refractivity (Wildman–Crippen MR) is 57.9 cm³/mol. The van der Waals surface area contributed by atoms with Gasteiger partial charge in [-0.1, -0.05) is 35.4 Å². The molecule has 0 spiro atoms. The Balaban J connectivity index is 2.27. The Kier molecular flexibility index (Phi) is 2.54. The number of nitrogens with zero attached hydrogens (tertiary/aromatic N) is 3. The van der Waals surface area contributed by atoms with E-state index in [4.69, 9.17) is 5.53 Å². The lowest BCUT2D eigenvalue weighted by molar-refractivity contribution is -0.140. The van der Waals surface area contributed by atoms with Gasteiger partial charge in [-0.2, -0.15) is 0 Å². The van der Waals surface area contributed by atoms with Gasteiger partial charge in [0.15, 0.2) is 0 Å². The number of rotatable bonds is 4. The average Bonchev–Trinajstić information content (AvgIpc) is 3.03. The van der Waals surface area contributed by atoms with Gasteiger partial charge in [0.25, 0.3) is 0 Å². The van der Waals surface area contributed by atoms with E-state index in [0.717, 1.165) is 5.56 Å². The second-order valence-corrected chi connectivity index (χ2v) is 3.96. The van der Waals surface area contributed by atoms with Crippen LogP contribution >= 0.6 is 0 Å². The van der Waals surface area contributed by atoms with Gasteiger partial charge >= 0.3 is 5.97 Å². The molecular weight excluding hydrogens is 206 g/mol. The van der Waals surface area contributed by atoms with Crippen LogP contribution in [0.1, 0.15) is 12.0 Å². The summed E-state index contributed by atoms with van der Waals surface area (Å²) in [5.74, 6) is -0.917. The second-order valence-electron chi connectivity index (χ2n) is 3.96. The first-order valence-corrected chi connectivity index (χ1v) is 5.01. The maximum Gasteiger partial charge on any atom is 0.314 e. The SMILES string of the molecule is [N-]=[N+]=NCC1CC1(C(=O)O)c1ccccc1. The molecule has 0 aromatic heterocycles. The molecule has 2 unspecified atom stereocenters. The fraction of sp³-hybridized carbons (Fsp3) is 0.364. The molecule has 1 aromatic carbocycles. The van der Waals surface area contributed by atoms with Crippen LogP contribution in [0.5, 0.6) is 0 Å². The first-order chi connectivity index (χ1) is 7.71. The molecule has 2 rings (SSSR count). The lowest BCUT2D eigenvalue weighted by Gasteiger charge is -2.11. The zero-order valence-corrected chi connectivity index (χ0v) is 8.58. The number of aliphatic carboxylic acids is 1. The topological polar surface area (TPSA) is 86.1 Å². The number of hydrogen-bond acceptors (Lipinski definition) is 2.